The zero-order chi connectivity index (χ0) is 16.1. The summed E-state index contributed by atoms with van der Waals surface area (Å²) in [7, 11) is 0. The van der Waals surface area contributed by atoms with Gasteiger partial charge in [-0.15, -0.1) is 0 Å². The molecule has 2 N–H and O–H groups in total. The number of aliphatic hydroxyl groups excluding tert-OH is 1. The maximum atomic E-state index is 12.6. The number of rotatable bonds is 5. The van der Waals surface area contributed by atoms with Crippen LogP contribution in [0.5, 0.6) is 0 Å². The lowest BCUT2D eigenvalue weighted by atomic mass is 10.1. The van der Waals surface area contributed by atoms with Gasteiger partial charge in [-0.05, 0) is 23.8 Å². The van der Waals surface area contributed by atoms with Crippen LogP contribution in [-0.4, -0.2) is 27.4 Å². The van der Waals surface area contributed by atoms with E-state index in [1.165, 1.54) is 0 Å². The molecule has 0 spiro atoms. The highest BCUT2D eigenvalue weighted by atomic mass is 16.3. The number of hydrogen-bond acceptors (Lipinski definition) is 3. The largest absolute Gasteiger partial charge is 0.394 e. The van der Waals surface area contributed by atoms with E-state index in [1.54, 1.807) is 35.3 Å². The van der Waals surface area contributed by atoms with E-state index < -0.39 is 6.04 Å². The van der Waals surface area contributed by atoms with Crippen molar-refractivity contribution in [3.8, 4) is 5.69 Å². The van der Waals surface area contributed by atoms with E-state index in [-0.39, 0.29) is 12.5 Å². The van der Waals surface area contributed by atoms with Crippen LogP contribution in [0.15, 0.2) is 73.1 Å². The average molecular weight is 307 g/mol. The Kier molecular flexibility index (Phi) is 4.49. The summed E-state index contributed by atoms with van der Waals surface area (Å²) in [6, 6.07) is 18.0. The average Bonchev–Trinajstić information content (AvgIpc) is 3.14. The number of carbonyl (C=O) groups excluding carboxylic acids is 1. The molecule has 2 aromatic carbocycles. The molecule has 0 aliphatic carbocycles. The highest BCUT2D eigenvalue weighted by Crippen LogP contribution is 2.17. The molecule has 5 heteroatoms. The summed E-state index contributed by atoms with van der Waals surface area (Å²) in [4.78, 5) is 12.6. The molecule has 0 unspecified atom stereocenters. The molecule has 0 fully saturated rings. The van der Waals surface area contributed by atoms with Gasteiger partial charge in [0.2, 0.25) is 0 Å². The predicted molar refractivity (Wildman–Crippen MR) is 87.3 cm³/mol. The third-order valence-corrected chi connectivity index (χ3v) is 3.59. The fourth-order valence-corrected chi connectivity index (χ4v) is 2.43. The van der Waals surface area contributed by atoms with Gasteiger partial charge >= 0.3 is 0 Å². The van der Waals surface area contributed by atoms with Crippen LogP contribution < -0.4 is 5.32 Å². The normalized spacial score (nSPS) is 11.9. The zero-order valence-electron chi connectivity index (χ0n) is 12.5. The molecule has 116 valence electrons. The maximum absolute atomic E-state index is 12.6. The lowest BCUT2D eigenvalue weighted by Crippen LogP contribution is -2.31. The number of benzene rings is 2. The van der Waals surface area contributed by atoms with Crippen molar-refractivity contribution in [1.82, 2.24) is 15.1 Å². The van der Waals surface area contributed by atoms with Crippen molar-refractivity contribution < 1.29 is 9.90 Å². The molecule has 0 bridgehead atoms. The molecule has 5 nitrogen and oxygen atoms in total. The Morgan fingerprint density at radius 2 is 1.83 bits per heavy atom. The minimum atomic E-state index is -0.450. The maximum Gasteiger partial charge on any atom is 0.254 e. The van der Waals surface area contributed by atoms with Gasteiger partial charge in [0.05, 0.1) is 23.9 Å². The van der Waals surface area contributed by atoms with Gasteiger partial charge in [0.1, 0.15) is 0 Å². The van der Waals surface area contributed by atoms with E-state index in [1.807, 2.05) is 42.5 Å². The topological polar surface area (TPSA) is 67.2 Å². The number of aliphatic hydroxyl groups is 1. The van der Waals surface area contributed by atoms with Crippen LogP contribution in [0, 0.1) is 0 Å². The van der Waals surface area contributed by atoms with Crippen LogP contribution in [0.3, 0.4) is 0 Å². The number of nitrogens with one attached hydrogen (secondary N) is 1. The molecular weight excluding hydrogens is 290 g/mol. The van der Waals surface area contributed by atoms with Crippen molar-refractivity contribution in [2.24, 2.45) is 0 Å². The van der Waals surface area contributed by atoms with Gasteiger partial charge in [-0.2, -0.15) is 5.10 Å². The highest BCUT2D eigenvalue weighted by molar-refractivity contribution is 5.98. The first-order chi connectivity index (χ1) is 11.3. The lowest BCUT2D eigenvalue weighted by molar-refractivity contribution is 0.0916. The van der Waals surface area contributed by atoms with Gasteiger partial charge in [0, 0.05) is 12.4 Å². The molecular formula is C18H17N3O2. The van der Waals surface area contributed by atoms with Gasteiger partial charge in [0.15, 0.2) is 0 Å². The van der Waals surface area contributed by atoms with Crippen LogP contribution in [0.4, 0.5) is 0 Å². The molecule has 1 amide bonds. The summed E-state index contributed by atoms with van der Waals surface area (Å²) in [5.41, 5.74) is 2.06. The Balaban J connectivity index is 1.87. The molecule has 3 rings (SSSR count). The van der Waals surface area contributed by atoms with Crippen LogP contribution in [-0.2, 0) is 0 Å². The third-order valence-electron chi connectivity index (χ3n) is 3.59. The molecule has 23 heavy (non-hydrogen) atoms. The first-order valence-electron chi connectivity index (χ1n) is 7.35. The molecule has 0 aliphatic heterocycles. The zero-order valence-corrected chi connectivity index (χ0v) is 12.5. The van der Waals surface area contributed by atoms with Gasteiger partial charge in [-0.25, -0.2) is 4.68 Å². The standard InChI is InChI=1S/C18H17N3O2/c22-13-16(14-7-2-1-3-8-14)20-18(23)15-9-4-5-10-17(15)21-12-6-11-19-21/h1-12,16,22H,13H2,(H,20,23)/t16-/m1/s1. The Morgan fingerprint density at radius 3 is 2.52 bits per heavy atom. The molecule has 1 heterocycles. The number of para-hydroxylation sites is 1. The Labute approximate surface area is 134 Å². The summed E-state index contributed by atoms with van der Waals surface area (Å²) in [5.74, 6) is -0.251. The van der Waals surface area contributed by atoms with Crippen molar-refractivity contribution >= 4 is 5.91 Å². The van der Waals surface area contributed by atoms with Gasteiger partial charge in [0.25, 0.3) is 5.91 Å². The van der Waals surface area contributed by atoms with Crippen LogP contribution in [0.1, 0.15) is 22.0 Å². The third kappa shape index (κ3) is 3.30. The smallest absolute Gasteiger partial charge is 0.254 e. The summed E-state index contributed by atoms with van der Waals surface area (Å²) < 4.78 is 1.64. The summed E-state index contributed by atoms with van der Waals surface area (Å²) in [5, 5.41) is 16.6. The van der Waals surface area contributed by atoms with Gasteiger partial charge < -0.3 is 10.4 Å². The quantitative estimate of drug-likeness (QED) is 0.760. The summed E-state index contributed by atoms with van der Waals surface area (Å²) >= 11 is 0. The van der Waals surface area contributed by atoms with Crippen molar-refractivity contribution in [1.29, 1.82) is 0 Å². The van der Waals surface area contributed by atoms with E-state index in [0.717, 1.165) is 5.56 Å². The highest BCUT2D eigenvalue weighted by Gasteiger charge is 2.17. The van der Waals surface area contributed by atoms with Crippen molar-refractivity contribution in [2.45, 2.75) is 6.04 Å². The molecule has 0 saturated heterocycles. The van der Waals surface area contributed by atoms with Crippen molar-refractivity contribution in [3.05, 3.63) is 84.2 Å². The molecule has 1 atom stereocenters. The second-order valence-corrected chi connectivity index (χ2v) is 5.09. The number of nitrogens with zero attached hydrogens (tertiary/aromatic N) is 2. The molecule has 3 aromatic rings. The van der Waals surface area contributed by atoms with E-state index in [4.69, 9.17) is 0 Å². The van der Waals surface area contributed by atoms with Crippen molar-refractivity contribution in [3.63, 3.8) is 0 Å². The molecule has 0 radical (unpaired) electrons. The molecule has 1 aromatic heterocycles. The van der Waals surface area contributed by atoms with Gasteiger partial charge in [-0.3, -0.25) is 4.79 Å². The van der Waals surface area contributed by atoms with Crippen LogP contribution in [0.2, 0.25) is 0 Å². The number of amides is 1. The number of hydrogen-bond donors (Lipinski definition) is 2. The Bertz CT molecular complexity index is 770. The molecule has 0 aliphatic rings. The number of aromatic nitrogens is 2. The van der Waals surface area contributed by atoms with Crippen LogP contribution >= 0.6 is 0 Å². The van der Waals surface area contributed by atoms with E-state index in [0.29, 0.717) is 11.3 Å². The Hall–Kier alpha value is -2.92. The monoisotopic (exact) mass is 307 g/mol. The second kappa shape index (κ2) is 6.89. The van der Waals surface area contributed by atoms with E-state index >= 15 is 0 Å². The fraction of sp³-hybridized carbons (Fsp3) is 0.111. The minimum Gasteiger partial charge on any atom is -0.394 e. The molecule has 0 saturated carbocycles. The van der Waals surface area contributed by atoms with Crippen molar-refractivity contribution in [2.75, 3.05) is 6.61 Å². The fourth-order valence-electron chi connectivity index (χ4n) is 2.43. The summed E-state index contributed by atoms with van der Waals surface area (Å²) in [6.07, 6.45) is 3.45. The first kappa shape index (κ1) is 15.0. The van der Waals surface area contributed by atoms with E-state index in [2.05, 4.69) is 10.4 Å². The SMILES string of the molecule is O=C(N[C@H](CO)c1ccccc1)c1ccccc1-n1cccn1. The first-order valence-corrected chi connectivity index (χ1v) is 7.35. The minimum absolute atomic E-state index is 0.167. The second-order valence-electron chi connectivity index (χ2n) is 5.09. The predicted octanol–water partition coefficient (Wildman–Crippen LogP) is 2.34. The van der Waals surface area contributed by atoms with Crippen LogP contribution in [0.25, 0.3) is 5.69 Å². The number of carbonyl (C=O) groups is 1. The lowest BCUT2D eigenvalue weighted by Gasteiger charge is -2.18. The Morgan fingerprint density at radius 1 is 1.09 bits per heavy atom. The van der Waals surface area contributed by atoms with Gasteiger partial charge in [-0.1, -0.05) is 42.5 Å². The summed E-state index contributed by atoms with van der Waals surface area (Å²) in [6.45, 7) is -0.167. The van der Waals surface area contributed by atoms with E-state index in [9.17, 15) is 9.90 Å².